The van der Waals surface area contributed by atoms with E-state index in [1.54, 1.807) is 4.90 Å². The van der Waals surface area contributed by atoms with E-state index in [9.17, 15) is 23.9 Å². The third kappa shape index (κ3) is 4.96. The zero-order valence-corrected chi connectivity index (χ0v) is 15.0. The number of anilines is 1. The standard InChI is InChI=1S/C19H24FN3O4/c20-14-4-6-15(7-5-14)21-19(27)22-16-8-9-23(11-16)17(24)12-2-1-3-13(10-12)18(25)26/h4-7,12-13,16H,1-3,8-11H2,(H,25,26)(H2,21,22,27). The zero-order chi connectivity index (χ0) is 19.4. The Morgan fingerprint density at radius 1 is 1.07 bits per heavy atom. The van der Waals surface area contributed by atoms with Crippen LogP contribution in [-0.4, -0.2) is 47.0 Å². The molecule has 1 aromatic rings. The Morgan fingerprint density at radius 3 is 2.48 bits per heavy atom. The summed E-state index contributed by atoms with van der Waals surface area (Å²) in [5.41, 5.74) is 0.488. The number of benzene rings is 1. The Hall–Kier alpha value is -2.64. The number of carboxylic acids is 1. The molecule has 27 heavy (non-hydrogen) atoms. The van der Waals surface area contributed by atoms with E-state index in [-0.39, 0.29) is 23.7 Å². The second-order valence-electron chi connectivity index (χ2n) is 7.27. The van der Waals surface area contributed by atoms with Crippen molar-refractivity contribution in [3.63, 3.8) is 0 Å². The first kappa shape index (κ1) is 19.1. The lowest BCUT2D eigenvalue weighted by atomic mass is 9.81. The average molecular weight is 377 g/mol. The number of aliphatic carboxylic acids is 1. The maximum atomic E-state index is 12.9. The van der Waals surface area contributed by atoms with Gasteiger partial charge >= 0.3 is 12.0 Å². The number of likely N-dealkylation sites (tertiary alicyclic amines) is 1. The van der Waals surface area contributed by atoms with Crippen molar-refractivity contribution in [2.75, 3.05) is 18.4 Å². The molecule has 0 bridgehead atoms. The molecule has 146 valence electrons. The fourth-order valence-corrected chi connectivity index (χ4v) is 3.86. The summed E-state index contributed by atoms with van der Waals surface area (Å²) in [7, 11) is 0. The van der Waals surface area contributed by atoms with E-state index in [1.165, 1.54) is 24.3 Å². The van der Waals surface area contributed by atoms with E-state index >= 15 is 0 Å². The monoisotopic (exact) mass is 377 g/mol. The maximum Gasteiger partial charge on any atom is 0.319 e. The molecule has 1 aliphatic heterocycles. The molecule has 8 heteroatoms. The van der Waals surface area contributed by atoms with Crippen LogP contribution in [-0.2, 0) is 9.59 Å². The highest BCUT2D eigenvalue weighted by Gasteiger charge is 2.36. The highest BCUT2D eigenvalue weighted by atomic mass is 19.1. The zero-order valence-electron chi connectivity index (χ0n) is 15.0. The lowest BCUT2D eigenvalue weighted by molar-refractivity contribution is -0.145. The van der Waals surface area contributed by atoms with Crippen molar-refractivity contribution in [2.45, 2.75) is 38.1 Å². The van der Waals surface area contributed by atoms with Crippen molar-refractivity contribution in [1.82, 2.24) is 10.2 Å². The van der Waals surface area contributed by atoms with Gasteiger partial charge in [-0.15, -0.1) is 0 Å². The topological polar surface area (TPSA) is 98.7 Å². The molecule has 1 aromatic carbocycles. The van der Waals surface area contributed by atoms with Gasteiger partial charge in [-0.25, -0.2) is 9.18 Å². The molecule has 7 nitrogen and oxygen atoms in total. The number of carbonyl (C=O) groups excluding carboxylic acids is 2. The fraction of sp³-hybridized carbons (Fsp3) is 0.526. The van der Waals surface area contributed by atoms with Gasteiger partial charge in [-0.05, 0) is 49.9 Å². The van der Waals surface area contributed by atoms with Crippen molar-refractivity contribution in [3.8, 4) is 0 Å². The molecule has 1 saturated heterocycles. The summed E-state index contributed by atoms with van der Waals surface area (Å²) < 4.78 is 12.9. The van der Waals surface area contributed by atoms with Crippen LogP contribution in [0.5, 0.6) is 0 Å². The van der Waals surface area contributed by atoms with Gasteiger partial charge in [-0.1, -0.05) is 6.42 Å². The highest BCUT2D eigenvalue weighted by Crippen LogP contribution is 2.31. The molecule has 2 fully saturated rings. The quantitative estimate of drug-likeness (QED) is 0.750. The van der Waals surface area contributed by atoms with E-state index in [2.05, 4.69) is 10.6 Å². The van der Waals surface area contributed by atoms with Gasteiger partial charge in [0, 0.05) is 30.7 Å². The number of halogens is 1. The van der Waals surface area contributed by atoms with Crippen LogP contribution >= 0.6 is 0 Å². The maximum absolute atomic E-state index is 12.9. The van der Waals surface area contributed by atoms with Crippen LogP contribution in [0.1, 0.15) is 32.1 Å². The van der Waals surface area contributed by atoms with Gasteiger partial charge in [0.15, 0.2) is 0 Å². The molecule has 0 radical (unpaired) electrons. The largest absolute Gasteiger partial charge is 0.481 e. The number of carbonyl (C=O) groups is 3. The van der Waals surface area contributed by atoms with Gasteiger partial charge in [-0.3, -0.25) is 9.59 Å². The Kier molecular flexibility index (Phi) is 5.93. The average Bonchev–Trinajstić information content (AvgIpc) is 3.11. The predicted molar refractivity (Wildman–Crippen MR) is 96.6 cm³/mol. The molecule has 3 rings (SSSR count). The number of nitrogens with one attached hydrogen (secondary N) is 2. The first-order valence-corrected chi connectivity index (χ1v) is 9.27. The molecule has 1 aliphatic carbocycles. The lowest BCUT2D eigenvalue weighted by Gasteiger charge is -2.29. The smallest absolute Gasteiger partial charge is 0.319 e. The molecule has 1 saturated carbocycles. The summed E-state index contributed by atoms with van der Waals surface area (Å²) in [5, 5.41) is 14.6. The first-order valence-electron chi connectivity index (χ1n) is 9.27. The molecular formula is C19H24FN3O4. The molecule has 3 N–H and O–H groups in total. The fourth-order valence-electron chi connectivity index (χ4n) is 3.86. The number of hydrogen-bond donors (Lipinski definition) is 3. The van der Waals surface area contributed by atoms with Crippen LogP contribution in [0.4, 0.5) is 14.9 Å². The second kappa shape index (κ2) is 8.37. The van der Waals surface area contributed by atoms with Crippen molar-refractivity contribution in [3.05, 3.63) is 30.1 Å². The summed E-state index contributed by atoms with van der Waals surface area (Å²) >= 11 is 0. The molecule has 1 heterocycles. The van der Waals surface area contributed by atoms with Crippen LogP contribution in [0.25, 0.3) is 0 Å². The number of rotatable bonds is 4. The lowest BCUT2D eigenvalue weighted by Crippen LogP contribution is -2.42. The minimum Gasteiger partial charge on any atom is -0.481 e. The van der Waals surface area contributed by atoms with E-state index in [1.807, 2.05) is 0 Å². The summed E-state index contributed by atoms with van der Waals surface area (Å²) in [4.78, 5) is 37.7. The molecule has 3 unspecified atom stereocenters. The van der Waals surface area contributed by atoms with Crippen LogP contribution < -0.4 is 10.6 Å². The van der Waals surface area contributed by atoms with Crippen molar-refractivity contribution >= 4 is 23.6 Å². The van der Waals surface area contributed by atoms with Gasteiger partial charge in [-0.2, -0.15) is 0 Å². The van der Waals surface area contributed by atoms with Gasteiger partial charge in [0.2, 0.25) is 5.91 Å². The van der Waals surface area contributed by atoms with Crippen LogP contribution in [0, 0.1) is 17.7 Å². The summed E-state index contributed by atoms with van der Waals surface area (Å²) in [6.45, 7) is 0.971. The summed E-state index contributed by atoms with van der Waals surface area (Å²) in [6.07, 6.45) is 3.16. The summed E-state index contributed by atoms with van der Waals surface area (Å²) in [5.74, 6) is -1.90. The molecule has 3 atom stereocenters. The van der Waals surface area contributed by atoms with Gasteiger partial charge in [0.1, 0.15) is 5.82 Å². The SMILES string of the molecule is O=C(Nc1ccc(F)cc1)NC1CCN(C(=O)C2CCCC(C(=O)O)C2)C1. The first-order chi connectivity index (χ1) is 12.9. The van der Waals surface area contributed by atoms with Gasteiger partial charge in [0.05, 0.1) is 5.92 Å². The van der Waals surface area contributed by atoms with Crippen LogP contribution in [0.3, 0.4) is 0 Å². The number of carboxylic acid groups (broad SMARTS) is 1. The van der Waals surface area contributed by atoms with Crippen LogP contribution in [0.15, 0.2) is 24.3 Å². The predicted octanol–water partition coefficient (Wildman–Crippen LogP) is 2.44. The van der Waals surface area contributed by atoms with Crippen molar-refractivity contribution in [2.24, 2.45) is 11.8 Å². The Bertz CT molecular complexity index is 709. The Morgan fingerprint density at radius 2 is 1.78 bits per heavy atom. The molecule has 0 spiro atoms. The number of hydrogen-bond acceptors (Lipinski definition) is 3. The van der Waals surface area contributed by atoms with Gasteiger partial charge < -0.3 is 20.6 Å². The minimum absolute atomic E-state index is 0.0100. The number of amides is 3. The van der Waals surface area contributed by atoms with E-state index in [0.717, 1.165) is 12.8 Å². The third-order valence-electron chi connectivity index (χ3n) is 5.31. The van der Waals surface area contributed by atoms with E-state index in [0.29, 0.717) is 38.0 Å². The highest BCUT2D eigenvalue weighted by molar-refractivity contribution is 5.89. The van der Waals surface area contributed by atoms with Crippen molar-refractivity contribution in [1.29, 1.82) is 0 Å². The Balaban J connectivity index is 1.47. The van der Waals surface area contributed by atoms with E-state index in [4.69, 9.17) is 0 Å². The molecule has 3 amide bonds. The summed E-state index contributed by atoms with van der Waals surface area (Å²) in [6, 6.07) is 4.92. The van der Waals surface area contributed by atoms with E-state index < -0.39 is 17.9 Å². The van der Waals surface area contributed by atoms with Gasteiger partial charge in [0.25, 0.3) is 0 Å². The second-order valence-corrected chi connectivity index (χ2v) is 7.27. The Labute approximate surface area is 156 Å². The number of urea groups is 1. The number of nitrogens with zero attached hydrogens (tertiary/aromatic N) is 1. The van der Waals surface area contributed by atoms with Crippen LogP contribution in [0.2, 0.25) is 0 Å². The minimum atomic E-state index is -0.828. The third-order valence-corrected chi connectivity index (χ3v) is 5.31. The normalized spacial score (nSPS) is 25.1. The molecule has 0 aromatic heterocycles. The molecule has 2 aliphatic rings. The molecular weight excluding hydrogens is 353 g/mol. The van der Waals surface area contributed by atoms with Crippen molar-refractivity contribution < 1.29 is 23.9 Å².